The van der Waals surface area contributed by atoms with Crippen LogP contribution in [0.4, 0.5) is 0 Å². The average Bonchev–Trinajstić information content (AvgIpc) is 2.12. The molecule has 0 aromatic rings. The largest absolute Gasteiger partial charge is 0.379 e. The van der Waals surface area contributed by atoms with Gasteiger partial charge >= 0.3 is 0 Å². The van der Waals surface area contributed by atoms with Gasteiger partial charge in [-0.2, -0.15) is 0 Å². The first kappa shape index (κ1) is 8.53. The Balaban J connectivity index is 2.90. The van der Waals surface area contributed by atoms with Crippen LogP contribution in [-0.2, 0) is 4.79 Å². The molecule has 3 heteroatoms. The normalized spacial score (nSPS) is 32.2. The van der Waals surface area contributed by atoms with E-state index in [1.807, 2.05) is 20.8 Å². The summed E-state index contributed by atoms with van der Waals surface area (Å²) >= 11 is 0. The molecule has 64 valence electrons. The molecular weight excluding hydrogens is 142 g/mol. The van der Waals surface area contributed by atoms with Gasteiger partial charge in [-0.3, -0.25) is 4.79 Å². The van der Waals surface area contributed by atoms with Crippen molar-refractivity contribution in [1.29, 1.82) is 0 Å². The summed E-state index contributed by atoms with van der Waals surface area (Å²) in [6.07, 6.45) is 0.523. The maximum atomic E-state index is 11.2. The van der Waals surface area contributed by atoms with E-state index in [2.05, 4.69) is 5.32 Å². The zero-order valence-corrected chi connectivity index (χ0v) is 7.27. The first-order valence-corrected chi connectivity index (χ1v) is 3.88. The SMILES string of the molecule is CC(C)(C)C1(O)CCNC1=O. The molecule has 0 aliphatic carbocycles. The molecule has 0 aromatic heterocycles. The average molecular weight is 157 g/mol. The van der Waals surface area contributed by atoms with Crippen LogP contribution in [0.2, 0.25) is 0 Å². The molecule has 0 bridgehead atoms. The lowest BCUT2D eigenvalue weighted by Gasteiger charge is -2.33. The molecule has 0 aromatic carbocycles. The summed E-state index contributed by atoms with van der Waals surface area (Å²) in [5, 5.41) is 12.5. The minimum absolute atomic E-state index is 0.231. The van der Waals surface area contributed by atoms with Gasteiger partial charge in [0, 0.05) is 13.0 Å². The Labute approximate surface area is 66.8 Å². The third-order valence-electron chi connectivity index (χ3n) is 2.39. The van der Waals surface area contributed by atoms with E-state index in [9.17, 15) is 9.90 Å². The van der Waals surface area contributed by atoms with Crippen LogP contribution in [-0.4, -0.2) is 23.2 Å². The van der Waals surface area contributed by atoms with E-state index in [1.54, 1.807) is 0 Å². The molecule has 0 saturated carbocycles. The monoisotopic (exact) mass is 157 g/mol. The van der Waals surface area contributed by atoms with Crippen LogP contribution in [0.3, 0.4) is 0 Å². The summed E-state index contributed by atoms with van der Waals surface area (Å²) in [7, 11) is 0. The Bertz CT molecular complexity index is 183. The molecule has 0 spiro atoms. The number of amides is 1. The van der Waals surface area contributed by atoms with Gasteiger partial charge in [-0.05, 0) is 5.41 Å². The maximum absolute atomic E-state index is 11.2. The highest BCUT2D eigenvalue weighted by atomic mass is 16.3. The molecule has 11 heavy (non-hydrogen) atoms. The lowest BCUT2D eigenvalue weighted by molar-refractivity contribution is -0.145. The highest BCUT2D eigenvalue weighted by Crippen LogP contribution is 2.35. The van der Waals surface area contributed by atoms with Crippen LogP contribution in [0.5, 0.6) is 0 Å². The van der Waals surface area contributed by atoms with Crippen molar-refractivity contribution in [2.75, 3.05) is 6.54 Å². The Morgan fingerprint density at radius 3 is 2.27 bits per heavy atom. The first-order chi connectivity index (χ1) is 4.88. The molecule has 1 unspecified atom stereocenters. The first-order valence-electron chi connectivity index (χ1n) is 3.88. The predicted octanol–water partition coefficient (Wildman–Crippen LogP) is 0.283. The highest BCUT2D eigenvalue weighted by Gasteiger charge is 2.49. The van der Waals surface area contributed by atoms with Crippen molar-refractivity contribution in [2.45, 2.75) is 32.8 Å². The van der Waals surface area contributed by atoms with Crippen LogP contribution in [0.1, 0.15) is 27.2 Å². The Kier molecular flexibility index (Phi) is 1.71. The van der Waals surface area contributed by atoms with Gasteiger partial charge in [-0.15, -0.1) is 0 Å². The molecular formula is C8H15NO2. The number of rotatable bonds is 0. The number of hydrogen-bond donors (Lipinski definition) is 2. The number of carbonyl (C=O) groups excluding carboxylic acids is 1. The zero-order valence-electron chi connectivity index (χ0n) is 7.27. The lowest BCUT2D eigenvalue weighted by atomic mass is 9.75. The van der Waals surface area contributed by atoms with Crippen LogP contribution in [0.25, 0.3) is 0 Å². The highest BCUT2D eigenvalue weighted by molar-refractivity contribution is 5.87. The number of carbonyl (C=O) groups is 1. The second-order valence-electron chi connectivity index (χ2n) is 4.12. The summed E-state index contributed by atoms with van der Waals surface area (Å²) < 4.78 is 0. The van der Waals surface area contributed by atoms with Gasteiger partial charge in [0.05, 0.1) is 0 Å². The minimum atomic E-state index is -1.16. The molecule has 1 heterocycles. The minimum Gasteiger partial charge on any atom is -0.379 e. The van der Waals surface area contributed by atoms with E-state index in [-0.39, 0.29) is 11.3 Å². The summed E-state index contributed by atoms with van der Waals surface area (Å²) in [5.74, 6) is -0.231. The van der Waals surface area contributed by atoms with Gasteiger partial charge in [0.15, 0.2) is 0 Å². The van der Waals surface area contributed by atoms with E-state index in [0.717, 1.165) is 0 Å². The predicted molar refractivity (Wildman–Crippen MR) is 42.0 cm³/mol. The summed E-state index contributed by atoms with van der Waals surface area (Å²) in [6.45, 7) is 6.21. The van der Waals surface area contributed by atoms with E-state index in [1.165, 1.54) is 0 Å². The molecule has 1 saturated heterocycles. The molecule has 1 aliphatic heterocycles. The maximum Gasteiger partial charge on any atom is 0.252 e. The fourth-order valence-corrected chi connectivity index (χ4v) is 1.33. The third-order valence-corrected chi connectivity index (χ3v) is 2.39. The Morgan fingerprint density at radius 2 is 2.09 bits per heavy atom. The van der Waals surface area contributed by atoms with Crippen molar-refractivity contribution in [3.63, 3.8) is 0 Å². The van der Waals surface area contributed by atoms with Gasteiger partial charge in [-0.1, -0.05) is 20.8 Å². The molecule has 0 radical (unpaired) electrons. The second kappa shape index (κ2) is 2.21. The number of aliphatic hydroxyl groups is 1. The molecule has 1 aliphatic rings. The summed E-state index contributed by atoms with van der Waals surface area (Å²) in [4.78, 5) is 11.2. The van der Waals surface area contributed by atoms with E-state index in [4.69, 9.17) is 0 Å². The zero-order chi connectivity index (χ0) is 8.70. The van der Waals surface area contributed by atoms with E-state index < -0.39 is 5.60 Å². The summed E-state index contributed by atoms with van der Waals surface area (Å²) in [5.41, 5.74) is -1.53. The molecule has 1 amide bonds. The van der Waals surface area contributed by atoms with Crippen molar-refractivity contribution >= 4 is 5.91 Å². The van der Waals surface area contributed by atoms with Gasteiger partial charge in [0.25, 0.3) is 5.91 Å². The second-order valence-corrected chi connectivity index (χ2v) is 4.12. The quantitative estimate of drug-likeness (QED) is 0.530. The van der Waals surface area contributed by atoms with E-state index >= 15 is 0 Å². The van der Waals surface area contributed by atoms with Gasteiger partial charge in [-0.25, -0.2) is 0 Å². The molecule has 3 nitrogen and oxygen atoms in total. The van der Waals surface area contributed by atoms with Crippen LogP contribution < -0.4 is 5.32 Å². The lowest BCUT2D eigenvalue weighted by Crippen LogP contribution is -2.48. The van der Waals surface area contributed by atoms with E-state index in [0.29, 0.717) is 13.0 Å². The number of hydrogen-bond acceptors (Lipinski definition) is 2. The van der Waals surface area contributed by atoms with Crippen molar-refractivity contribution < 1.29 is 9.90 Å². The third kappa shape index (κ3) is 1.13. The fraction of sp³-hybridized carbons (Fsp3) is 0.875. The molecule has 1 atom stereocenters. The van der Waals surface area contributed by atoms with Crippen LogP contribution in [0.15, 0.2) is 0 Å². The summed E-state index contributed by atoms with van der Waals surface area (Å²) in [6, 6.07) is 0. The van der Waals surface area contributed by atoms with Crippen molar-refractivity contribution in [2.24, 2.45) is 5.41 Å². The van der Waals surface area contributed by atoms with Gasteiger partial charge in [0.2, 0.25) is 0 Å². The molecule has 2 N–H and O–H groups in total. The number of nitrogens with one attached hydrogen (secondary N) is 1. The van der Waals surface area contributed by atoms with Crippen molar-refractivity contribution in [3.8, 4) is 0 Å². The molecule has 1 rings (SSSR count). The standard InChI is InChI=1S/C8H15NO2/c1-7(2,3)8(11)4-5-9-6(8)10/h11H,4-5H2,1-3H3,(H,9,10). The van der Waals surface area contributed by atoms with Crippen molar-refractivity contribution in [1.82, 2.24) is 5.32 Å². The smallest absolute Gasteiger partial charge is 0.252 e. The topological polar surface area (TPSA) is 49.3 Å². The van der Waals surface area contributed by atoms with Crippen LogP contribution >= 0.6 is 0 Å². The Morgan fingerprint density at radius 1 is 1.55 bits per heavy atom. The van der Waals surface area contributed by atoms with Gasteiger partial charge < -0.3 is 10.4 Å². The van der Waals surface area contributed by atoms with Crippen molar-refractivity contribution in [3.05, 3.63) is 0 Å². The fourth-order valence-electron chi connectivity index (χ4n) is 1.33. The Hall–Kier alpha value is -0.570. The van der Waals surface area contributed by atoms with Crippen LogP contribution in [0, 0.1) is 5.41 Å². The van der Waals surface area contributed by atoms with Gasteiger partial charge in [0.1, 0.15) is 5.60 Å². The molecule has 1 fully saturated rings.